The second-order valence-electron chi connectivity index (χ2n) is 7.76. The Morgan fingerprint density at radius 3 is 2.48 bits per heavy atom. The number of aryl methyl sites for hydroxylation is 1. The standard InChI is InChI=1S/C22H29N3O4S.ClH/c1-16-4-10-20(19-9-11-21(26)23-22(16)19)29-15-14-25(2)13-12-17-5-7-18(8-6-17)24-30(3,27)28;/h4-8,10,24H,9,11-15H2,1-3H3,(H,23,26);1H. The van der Waals surface area contributed by atoms with Crippen molar-refractivity contribution in [1.82, 2.24) is 4.90 Å². The van der Waals surface area contributed by atoms with Crippen LogP contribution in [0.2, 0.25) is 0 Å². The molecule has 170 valence electrons. The summed E-state index contributed by atoms with van der Waals surface area (Å²) in [6.45, 7) is 4.20. The molecule has 0 aromatic heterocycles. The van der Waals surface area contributed by atoms with Gasteiger partial charge in [0.05, 0.1) is 11.9 Å². The molecular weight excluding hydrogens is 438 g/mol. The van der Waals surface area contributed by atoms with E-state index in [1.807, 2.05) is 38.2 Å². The van der Waals surface area contributed by atoms with Crippen LogP contribution in [0.5, 0.6) is 5.75 Å². The van der Waals surface area contributed by atoms with Crippen LogP contribution < -0.4 is 14.8 Å². The fourth-order valence-electron chi connectivity index (χ4n) is 3.44. The third-order valence-electron chi connectivity index (χ3n) is 5.11. The molecule has 0 saturated heterocycles. The minimum Gasteiger partial charge on any atom is -0.492 e. The van der Waals surface area contributed by atoms with Gasteiger partial charge in [-0.2, -0.15) is 0 Å². The number of nitrogens with zero attached hydrogens (tertiary/aromatic N) is 1. The first kappa shape index (κ1) is 25.0. The van der Waals surface area contributed by atoms with Gasteiger partial charge in [0, 0.05) is 30.8 Å². The van der Waals surface area contributed by atoms with Crippen molar-refractivity contribution in [3.8, 4) is 5.75 Å². The highest BCUT2D eigenvalue weighted by Crippen LogP contribution is 2.34. The average molecular weight is 468 g/mol. The molecule has 0 spiro atoms. The highest BCUT2D eigenvalue weighted by atomic mass is 35.5. The van der Waals surface area contributed by atoms with Crippen molar-refractivity contribution < 1.29 is 17.9 Å². The van der Waals surface area contributed by atoms with Gasteiger partial charge < -0.3 is 15.0 Å². The van der Waals surface area contributed by atoms with Crippen molar-refractivity contribution in [2.75, 3.05) is 43.0 Å². The van der Waals surface area contributed by atoms with Crippen LogP contribution in [0.3, 0.4) is 0 Å². The summed E-state index contributed by atoms with van der Waals surface area (Å²) in [5.41, 5.74) is 4.75. The van der Waals surface area contributed by atoms with Crippen molar-refractivity contribution in [3.63, 3.8) is 0 Å². The summed E-state index contributed by atoms with van der Waals surface area (Å²) in [4.78, 5) is 13.9. The third-order valence-corrected chi connectivity index (χ3v) is 5.72. The second-order valence-corrected chi connectivity index (χ2v) is 9.50. The maximum absolute atomic E-state index is 11.7. The number of hydrogen-bond acceptors (Lipinski definition) is 5. The molecule has 0 aliphatic carbocycles. The molecule has 2 aromatic rings. The number of benzene rings is 2. The monoisotopic (exact) mass is 467 g/mol. The number of ether oxygens (including phenoxy) is 1. The number of amides is 1. The Bertz CT molecular complexity index is 1010. The molecule has 0 saturated carbocycles. The average Bonchev–Trinajstić information content (AvgIpc) is 2.68. The Hall–Kier alpha value is -2.29. The first-order valence-electron chi connectivity index (χ1n) is 10.0. The van der Waals surface area contributed by atoms with E-state index in [1.54, 1.807) is 12.1 Å². The van der Waals surface area contributed by atoms with E-state index in [0.29, 0.717) is 25.1 Å². The smallest absolute Gasteiger partial charge is 0.229 e. The van der Waals surface area contributed by atoms with Gasteiger partial charge in [0.25, 0.3) is 0 Å². The van der Waals surface area contributed by atoms with Crippen LogP contribution in [0.25, 0.3) is 0 Å². The summed E-state index contributed by atoms with van der Waals surface area (Å²) < 4.78 is 31.0. The lowest BCUT2D eigenvalue weighted by Crippen LogP contribution is -2.27. The van der Waals surface area contributed by atoms with E-state index in [4.69, 9.17) is 4.74 Å². The molecule has 7 nitrogen and oxygen atoms in total. The summed E-state index contributed by atoms with van der Waals surface area (Å²) in [5, 5.41) is 2.96. The Morgan fingerprint density at radius 1 is 1.10 bits per heavy atom. The van der Waals surface area contributed by atoms with Crippen molar-refractivity contribution in [1.29, 1.82) is 0 Å². The molecule has 1 amide bonds. The van der Waals surface area contributed by atoms with E-state index in [2.05, 4.69) is 14.9 Å². The van der Waals surface area contributed by atoms with Gasteiger partial charge in [-0.25, -0.2) is 8.42 Å². The number of carbonyl (C=O) groups is 1. The minimum absolute atomic E-state index is 0. The van der Waals surface area contributed by atoms with Crippen LogP contribution in [-0.4, -0.2) is 52.2 Å². The van der Waals surface area contributed by atoms with Gasteiger partial charge in [-0.1, -0.05) is 18.2 Å². The Labute approximate surface area is 190 Å². The maximum Gasteiger partial charge on any atom is 0.229 e. The molecule has 3 rings (SSSR count). The molecule has 1 heterocycles. The molecule has 0 unspecified atom stereocenters. The molecule has 9 heteroatoms. The minimum atomic E-state index is -3.25. The molecule has 2 aromatic carbocycles. The predicted molar refractivity (Wildman–Crippen MR) is 127 cm³/mol. The van der Waals surface area contributed by atoms with Crippen molar-refractivity contribution in [2.24, 2.45) is 0 Å². The number of halogens is 1. The molecule has 0 radical (unpaired) electrons. The second kappa shape index (κ2) is 10.8. The number of rotatable bonds is 9. The first-order valence-corrected chi connectivity index (χ1v) is 11.9. The predicted octanol–water partition coefficient (Wildman–Crippen LogP) is 3.23. The zero-order valence-electron chi connectivity index (χ0n) is 18.1. The highest BCUT2D eigenvalue weighted by Gasteiger charge is 2.20. The Morgan fingerprint density at radius 2 is 1.81 bits per heavy atom. The van der Waals surface area contributed by atoms with E-state index in [1.165, 1.54) is 0 Å². The Balaban J connectivity index is 0.00000341. The number of sulfonamides is 1. The van der Waals surface area contributed by atoms with E-state index >= 15 is 0 Å². The summed E-state index contributed by atoms with van der Waals surface area (Å²) in [6.07, 6.45) is 3.20. The van der Waals surface area contributed by atoms with Crippen LogP contribution in [0.1, 0.15) is 23.1 Å². The first-order chi connectivity index (χ1) is 14.2. The summed E-state index contributed by atoms with van der Waals surface area (Å²) in [5.74, 6) is 0.903. The van der Waals surface area contributed by atoms with Crippen LogP contribution >= 0.6 is 12.4 Å². The normalized spacial score (nSPS) is 13.2. The Kier molecular flexibility index (Phi) is 8.73. The topological polar surface area (TPSA) is 87.7 Å². The number of fused-ring (bicyclic) bond motifs is 1. The van der Waals surface area contributed by atoms with Crippen LogP contribution in [0.15, 0.2) is 36.4 Å². The lowest BCUT2D eigenvalue weighted by atomic mass is 9.98. The lowest BCUT2D eigenvalue weighted by Gasteiger charge is -2.23. The van der Waals surface area contributed by atoms with Gasteiger partial charge in [0.1, 0.15) is 12.4 Å². The number of anilines is 2. The molecule has 0 bridgehead atoms. The molecule has 0 atom stereocenters. The summed E-state index contributed by atoms with van der Waals surface area (Å²) in [7, 11) is -1.20. The van der Waals surface area contributed by atoms with Crippen molar-refractivity contribution >= 4 is 39.7 Å². The van der Waals surface area contributed by atoms with Gasteiger partial charge in [0.2, 0.25) is 15.9 Å². The van der Waals surface area contributed by atoms with Crippen LogP contribution in [-0.2, 0) is 27.7 Å². The van der Waals surface area contributed by atoms with Gasteiger partial charge in [0.15, 0.2) is 0 Å². The lowest BCUT2D eigenvalue weighted by molar-refractivity contribution is -0.116. The van der Waals surface area contributed by atoms with Crippen molar-refractivity contribution in [3.05, 3.63) is 53.1 Å². The van der Waals surface area contributed by atoms with Crippen LogP contribution in [0.4, 0.5) is 11.4 Å². The van der Waals surface area contributed by atoms with Crippen molar-refractivity contribution in [2.45, 2.75) is 26.2 Å². The zero-order valence-corrected chi connectivity index (χ0v) is 19.7. The van der Waals surface area contributed by atoms with E-state index in [9.17, 15) is 13.2 Å². The van der Waals surface area contributed by atoms with E-state index < -0.39 is 10.0 Å². The highest BCUT2D eigenvalue weighted by molar-refractivity contribution is 7.92. The largest absolute Gasteiger partial charge is 0.492 e. The number of nitrogens with one attached hydrogen (secondary N) is 2. The molecule has 31 heavy (non-hydrogen) atoms. The van der Waals surface area contributed by atoms with Gasteiger partial charge >= 0.3 is 0 Å². The quantitative estimate of drug-likeness (QED) is 0.591. The summed E-state index contributed by atoms with van der Waals surface area (Å²) >= 11 is 0. The number of hydrogen-bond donors (Lipinski definition) is 2. The SMILES string of the molecule is Cc1ccc(OCCN(C)CCc2ccc(NS(C)(=O)=O)cc2)c2c1NC(=O)CC2.Cl. The number of likely N-dealkylation sites (N-methyl/N-ethyl adjacent to an activating group) is 1. The fourth-order valence-corrected chi connectivity index (χ4v) is 4.00. The van der Waals surface area contributed by atoms with Gasteiger partial charge in [-0.05, 0) is 56.1 Å². The molecule has 2 N–H and O–H groups in total. The van der Waals surface area contributed by atoms with Gasteiger partial charge in [-0.15, -0.1) is 12.4 Å². The maximum atomic E-state index is 11.7. The molecule has 1 aliphatic rings. The molecular formula is C22H30ClN3O4S. The molecule has 0 fully saturated rings. The van der Waals surface area contributed by atoms with E-state index in [0.717, 1.165) is 53.9 Å². The number of carbonyl (C=O) groups excluding carboxylic acids is 1. The molecule has 1 aliphatic heterocycles. The zero-order chi connectivity index (χ0) is 21.7. The van der Waals surface area contributed by atoms with Gasteiger partial charge in [-0.3, -0.25) is 9.52 Å². The third kappa shape index (κ3) is 7.41. The van der Waals surface area contributed by atoms with E-state index in [-0.39, 0.29) is 18.3 Å². The summed E-state index contributed by atoms with van der Waals surface area (Å²) in [6, 6.07) is 11.4. The van der Waals surface area contributed by atoms with Crippen LogP contribution in [0, 0.1) is 6.92 Å². The fraction of sp³-hybridized carbons (Fsp3) is 0.409.